The molecule has 6 heteroatoms. The van der Waals surface area contributed by atoms with Gasteiger partial charge < -0.3 is 5.32 Å². The second kappa shape index (κ2) is 5.91. The molecule has 0 spiro atoms. The molecule has 0 atom stereocenters. The molecule has 0 aliphatic rings. The summed E-state index contributed by atoms with van der Waals surface area (Å²) in [6, 6.07) is 11.7. The van der Waals surface area contributed by atoms with Crippen LogP contribution in [0.15, 0.2) is 42.5 Å². The highest BCUT2D eigenvalue weighted by Gasteiger charge is 2.13. The lowest BCUT2D eigenvalue weighted by Crippen LogP contribution is -2.02. The third kappa shape index (κ3) is 3.59. The molecule has 0 aromatic heterocycles. The average Bonchev–Trinajstić information content (AvgIpc) is 2.36. The maximum absolute atomic E-state index is 10.9. The van der Waals surface area contributed by atoms with Crippen molar-refractivity contribution >= 4 is 34.6 Å². The van der Waals surface area contributed by atoms with E-state index in [1.54, 1.807) is 12.1 Å². The van der Waals surface area contributed by atoms with Crippen molar-refractivity contribution in [2.45, 2.75) is 6.54 Å². The van der Waals surface area contributed by atoms with Crippen molar-refractivity contribution in [1.82, 2.24) is 0 Å². The third-order valence-electron chi connectivity index (χ3n) is 2.53. The molecule has 0 amide bonds. The molecule has 2 rings (SSSR count). The number of nitro groups is 1. The molecule has 0 aliphatic heterocycles. The van der Waals surface area contributed by atoms with E-state index >= 15 is 0 Å². The van der Waals surface area contributed by atoms with Gasteiger partial charge in [-0.2, -0.15) is 0 Å². The normalized spacial score (nSPS) is 10.2. The van der Waals surface area contributed by atoms with Crippen LogP contribution in [0.5, 0.6) is 0 Å². The topological polar surface area (TPSA) is 55.2 Å². The van der Waals surface area contributed by atoms with Gasteiger partial charge in [0, 0.05) is 22.7 Å². The van der Waals surface area contributed by atoms with Gasteiger partial charge in [0.25, 0.3) is 5.69 Å². The molecule has 0 unspecified atom stereocenters. The van der Waals surface area contributed by atoms with E-state index in [0.29, 0.717) is 22.3 Å². The van der Waals surface area contributed by atoms with Gasteiger partial charge >= 0.3 is 0 Å². The van der Waals surface area contributed by atoms with E-state index in [9.17, 15) is 10.1 Å². The maximum atomic E-state index is 10.9. The van der Waals surface area contributed by atoms with Gasteiger partial charge in [-0.25, -0.2) is 0 Å². The lowest BCUT2D eigenvalue weighted by Gasteiger charge is -2.08. The number of halogens is 2. The number of nitro benzene ring substituents is 1. The number of benzene rings is 2. The predicted octanol–water partition coefficient (Wildman–Crippen LogP) is 4.51. The van der Waals surface area contributed by atoms with Crippen LogP contribution in [-0.4, -0.2) is 4.92 Å². The molecule has 0 saturated heterocycles. The number of rotatable bonds is 4. The average molecular weight is 297 g/mol. The summed E-state index contributed by atoms with van der Waals surface area (Å²) in [6.45, 7) is 0.432. The number of anilines is 1. The summed E-state index contributed by atoms with van der Waals surface area (Å²) in [5.74, 6) is 0. The Morgan fingerprint density at radius 2 is 1.84 bits per heavy atom. The van der Waals surface area contributed by atoms with Crippen LogP contribution >= 0.6 is 23.2 Å². The van der Waals surface area contributed by atoms with Gasteiger partial charge in [-0.1, -0.05) is 35.3 Å². The standard InChI is InChI=1S/C13H10Cl2N2O2/c14-10-3-1-2-9(6-10)8-16-12-7-11(15)4-5-13(12)17(18)19/h1-7,16H,8H2. The minimum atomic E-state index is -0.448. The van der Waals surface area contributed by atoms with Crippen LogP contribution in [-0.2, 0) is 6.54 Å². The lowest BCUT2D eigenvalue weighted by atomic mass is 10.2. The first-order valence-electron chi connectivity index (χ1n) is 5.48. The van der Waals surface area contributed by atoms with Crippen molar-refractivity contribution in [3.63, 3.8) is 0 Å². The molecule has 4 nitrogen and oxygen atoms in total. The molecule has 2 aromatic carbocycles. The number of hydrogen-bond donors (Lipinski definition) is 1. The Kier molecular flexibility index (Phi) is 4.24. The zero-order chi connectivity index (χ0) is 13.8. The summed E-state index contributed by atoms with van der Waals surface area (Å²) in [6.07, 6.45) is 0. The van der Waals surface area contributed by atoms with E-state index in [-0.39, 0.29) is 5.69 Å². The summed E-state index contributed by atoms with van der Waals surface area (Å²) in [7, 11) is 0. The van der Waals surface area contributed by atoms with Crippen LogP contribution in [0.3, 0.4) is 0 Å². The van der Waals surface area contributed by atoms with E-state index in [0.717, 1.165) is 5.56 Å². The highest BCUT2D eigenvalue weighted by molar-refractivity contribution is 6.31. The fraction of sp³-hybridized carbons (Fsp3) is 0.0769. The molecular weight excluding hydrogens is 287 g/mol. The number of nitrogens with one attached hydrogen (secondary N) is 1. The maximum Gasteiger partial charge on any atom is 0.292 e. The van der Waals surface area contributed by atoms with E-state index in [2.05, 4.69) is 5.32 Å². The van der Waals surface area contributed by atoms with Crippen LogP contribution < -0.4 is 5.32 Å². The third-order valence-corrected chi connectivity index (χ3v) is 3.00. The van der Waals surface area contributed by atoms with Gasteiger partial charge in [-0.05, 0) is 29.8 Å². The van der Waals surface area contributed by atoms with Crippen molar-refractivity contribution in [3.8, 4) is 0 Å². The van der Waals surface area contributed by atoms with Gasteiger partial charge in [0.15, 0.2) is 0 Å². The first kappa shape index (κ1) is 13.6. The van der Waals surface area contributed by atoms with E-state index < -0.39 is 4.92 Å². The van der Waals surface area contributed by atoms with Crippen molar-refractivity contribution in [2.75, 3.05) is 5.32 Å². The number of nitrogens with zero attached hydrogens (tertiary/aromatic N) is 1. The summed E-state index contributed by atoms with van der Waals surface area (Å²) < 4.78 is 0. The second-order valence-electron chi connectivity index (χ2n) is 3.90. The minimum Gasteiger partial charge on any atom is -0.375 e. The van der Waals surface area contributed by atoms with Crippen LogP contribution in [0.4, 0.5) is 11.4 Å². The Bertz CT molecular complexity index is 617. The first-order valence-corrected chi connectivity index (χ1v) is 6.24. The highest BCUT2D eigenvalue weighted by atomic mass is 35.5. The van der Waals surface area contributed by atoms with Crippen molar-refractivity contribution in [3.05, 3.63) is 68.2 Å². The summed E-state index contributed by atoms with van der Waals surface area (Å²) in [4.78, 5) is 10.5. The summed E-state index contributed by atoms with van der Waals surface area (Å²) in [5.41, 5.74) is 1.31. The first-order chi connectivity index (χ1) is 9.06. The lowest BCUT2D eigenvalue weighted by molar-refractivity contribution is -0.384. The monoisotopic (exact) mass is 296 g/mol. The molecule has 2 aromatic rings. The van der Waals surface area contributed by atoms with E-state index in [1.165, 1.54) is 18.2 Å². The molecule has 0 fully saturated rings. The fourth-order valence-corrected chi connectivity index (χ4v) is 2.04. The second-order valence-corrected chi connectivity index (χ2v) is 4.77. The van der Waals surface area contributed by atoms with Gasteiger partial charge in [0.05, 0.1) is 4.92 Å². The Hall–Kier alpha value is -1.78. The molecular formula is C13H10Cl2N2O2. The van der Waals surface area contributed by atoms with Crippen LogP contribution in [0.1, 0.15) is 5.56 Å². The van der Waals surface area contributed by atoms with Gasteiger partial charge in [-0.3, -0.25) is 10.1 Å². The molecule has 98 valence electrons. The highest BCUT2D eigenvalue weighted by Crippen LogP contribution is 2.28. The molecule has 0 radical (unpaired) electrons. The van der Waals surface area contributed by atoms with Gasteiger partial charge in [0.1, 0.15) is 5.69 Å². The smallest absolute Gasteiger partial charge is 0.292 e. The fourth-order valence-electron chi connectivity index (χ4n) is 1.65. The molecule has 0 saturated carbocycles. The molecule has 1 N–H and O–H groups in total. The largest absolute Gasteiger partial charge is 0.375 e. The molecule has 0 aliphatic carbocycles. The SMILES string of the molecule is O=[N+]([O-])c1ccc(Cl)cc1NCc1cccc(Cl)c1. The van der Waals surface area contributed by atoms with Crippen molar-refractivity contribution < 1.29 is 4.92 Å². The summed E-state index contributed by atoms with van der Waals surface area (Å²) >= 11 is 11.7. The van der Waals surface area contributed by atoms with Gasteiger partial charge in [0.2, 0.25) is 0 Å². The van der Waals surface area contributed by atoms with Gasteiger partial charge in [-0.15, -0.1) is 0 Å². The zero-order valence-corrected chi connectivity index (χ0v) is 11.3. The van der Waals surface area contributed by atoms with Crippen LogP contribution in [0.25, 0.3) is 0 Å². The minimum absolute atomic E-state index is 0.00794. The van der Waals surface area contributed by atoms with Crippen LogP contribution in [0.2, 0.25) is 10.0 Å². The van der Waals surface area contributed by atoms with E-state index in [4.69, 9.17) is 23.2 Å². The van der Waals surface area contributed by atoms with Crippen molar-refractivity contribution in [2.24, 2.45) is 0 Å². The van der Waals surface area contributed by atoms with E-state index in [1.807, 2.05) is 12.1 Å². The summed E-state index contributed by atoms with van der Waals surface area (Å²) in [5, 5.41) is 15.0. The van der Waals surface area contributed by atoms with Crippen LogP contribution in [0, 0.1) is 10.1 Å². The molecule has 0 bridgehead atoms. The zero-order valence-electron chi connectivity index (χ0n) is 9.77. The van der Waals surface area contributed by atoms with Crippen molar-refractivity contribution in [1.29, 1.82) is 0 Å². The Morgan fingerprint density at radius 3 is 2.53 bits per heavy atom. The quantitative estimate of drug-likeness (QED) is 0.667. The number of hydrogen-bond acceptors (Lipinski definition) is 3. The molecule has 0 heterocycles. The Morgan fingerprint density at radius 1 is 1.11 bits per heavy atom. The Labute approximate surface area is 120 Å². The molecule has 19 heavy (non-hydrogen) atoms. The Balaban J connectivity index is 2.19. The predicted molar refractivity (Wildman–Crippen MR) is 76.9 cm³/mol.